The number of nitrogens with one attached hydrogen (secondary N) is 2. The summed E-state index contributed by atoms with van der Waals surface area (Å²) in [4.78, 5) is 4.02. The lowest BCUT2D eigenvalue weighted by molar-refractivity contribution is 0.286. The molecule has 5 nitrogen and oxygen atoms in total. The largest absolute Gasteiger partial charge is 0.497 e. The van der Waals surface area contributed by atoms with Crippen LogP contribution in [0.25, 0.3) is 0 Å². The summed E-state index contributed by atoms with van der Waals surface area (Å²) in [7, 11) is 1.64. The second-order valence-corrected chi connectivity index (χ2v) is 5.14. The number of rotatable bonds is 6. The first-order valence-corrected chi connectivity index (χ1v) is 7.32. The number of hydrogen-bond donors (Lipinski definition) is 2. The highest BCUT2D eigenvalue weighted by atomic mass is 32.1. The lowest BCUT2D eigenvalue weighted by atomic mass is 10.3. The normalized spacial score (nSPS) is 11.4. The predicted octanol–water partition coefficient (Wildman–Crippen LogP) is 2.84. The first-order chi connectivity index (χ1) is 10.7. The molecule has 0 radical (unpaired) electrons. The zero-order chi connectivity index (χ0) is 15.8. The van der Waals surface area contributed by atoms with Gasteiger partial charge >= 0.3 is 0 Å². The number of hydrogen-bond acceptors (Lipinski definition) is 4. The molecule has 2 aromatic rings. The monoisotopic (exact) mass is 317 g/mol. The Morgan fingerprint density at radius 3 is 2.59 bits per heavy atom. The Morgan fingerprint density at radius 2 is 1.95 bits per heavy atom. The molecule has 2 rings (SSSR count). The van der Waals surface area contributed by atoms with Crippen molar-refractivity contribution < 1.29 is 9.47 Å². The molecule has 1 unspecified atom stereocenters. The molecule has 2 N–H and O–H groups in total. The summed E-state index contributed by atoms with van der Waals surface area (Å²) >= 11 is 5.25. The topological polar surface area (TPSA) is 55.4 Å². The Hall–Kier alpha value is -2.34. The van der Waals surface area contributed by atoms with Gasteiger partial charge in [0.05, 0.1) is 25.0 Å². The summed E-state index contributed by atoms with van der Waals surface area (Å²) in [5.41, 5.74) is 0.850. The van der Waals surface area contributed by atoms with Gasteiger partial charge in [-0.1, -0.05) is 0 Å². The van der Waals surface area contributed by atoms with Gasteiger partial charge in [0, 0.05) is 6.20 Å². The third-order valence-electron chi connectivity index (χ3n) is 2.86. The van der Waals surface area contributed by atoms with Crippen LogP contribution in [0, 0.1) is 0 Å². The summed E-state index contributed by atoms with van der Waals surface area (Å²) in [6.07, 6.45) is 3.43. The van der Waals surface area contributed by atoms with Crippen LogP contribution in [-0.2, 0) is 0 Å². The number of thiocarbonyl (C=S) groups is 1. The van der Waals surface area contributed by atoms with Crippen LogP contribution in [0.3, 0.4) is 0 Å². The Balaban J connectivity index is 1.74. The number of nitrogens with zero attached hydrogens (tertiary/aromatic N) is 1. The van der Waals surface area contributed by atoms with Crippen molar-refractivity contribution in [3.63, 3.8) is 0 Å². The molecule has 0 amide bonds. The zero-order valence-corrected chi connectivity index (χ0v) is 13.4. The molecular weight excluding hydrogens is 298 g/mol. The van der Waals surface area contributed by atoms with Crippen molar-refractivity contribution >= 4 is 23.0 Å². The van der Waals surface area contributed by atoms with Gasteiger partial charge in [-0.05, 0) is 55.5 Å². The van der Waals surface area contributed by atoms with Crippen LogP contribution in [0.5, 0.6) is 11.5 Å². The first-order valence-electron chi connectivity index (χ1n) is 6.92. The fraction of sp³-hybridized carbons (Fsp3) is 0.250. The van der Waals surface area contributed by atoms with Crippen LogP contribution < -0.4 is 20.1 Å². The minimum atomic E-state index is 0.0683. The van der Waals surface area contributed by atoms with Gasteiger partial charge in [-0.25, -0.2) is 0 Å². The van der Waals surface area contributed by atoms with Crippen molar-refractivity contribution in [2.45, 2.75) is 13.0 Å². The number of ether oxygens (including phenoxy) is 2. The van der Waals surface area contributed by atoms with Gasteiger partial charge in [-0.3, -0.25) is 4.98 Å². The maximum Gasteiger partial charge on any atom is 0.171 e. The highest BCUT2D eigenvalue weighted by Gasteiger charge is 2.06. The van der Waals surface area contributed by atoms with Crippen molar-refractivity contribution in [2.75, 3.05) is 19.0 Å². The summed E-state index contributed by atoms with van der Waals surface area (Å²) in [6.45, 7) is 2.50. The Bertz CT molecular complexity index is 590. The molecule has 0 saturated carbocycles. The summed E-state index contributed by atoms with van der Waals surface area (Å²) in [6, 6.07) is 11.3. The summed E-state index contributed by atoms with van der Waals surface area (Å²) < 4.78 is 10.8. The predicted molar refractivity (Wildman–Crippen MR) is 91.5 cm³/mol. The molecule has 1 aromatic carbocycles. The van der Waals surface area contributed by atoms with Crippen LogP contribution >= 0.6 is 12.2 Å². The van der Waals surface area contributed by atoms with Gasteiger partial charge in [0.15, 0.2) is 5.11 Å². The van der Waals surface area contributed by atoms with E-state index in [1.165, 1.54) is 0 Å². The fourth-order valence-electron chi connectivity index (χ4n) is 1.76. The van der Waals surface area contributed by atoms with E-state index in [-0.39, 0.29) is 6.04 Å². The van der Waals surface area contributed by atoms with E-state index in [9.17, 15) is 0 Å². The molecule has 6 heteroatoms. The Kier molecular flexibility index (Phi) is 5.97. The van der Waals surface area contributed by atoms with E-state index in [0.29, 0.717) is 11.7 Å². The highest BCUT2D eigenvalue weighted by molar-refractivity contribution is 7.80. The van der Waals surface area contributed by atoms with E-state index in [1.54, 1.807) is 19.5 Å². The van der Waals surface area contributed by atoms with Crippen LogP contribution in [0.1, 0.15) is 6.92 Å². The lowest BCUT2D eigenvalue weighted by Gasteiger charge is -2.17. The summed E-state index contributed by atoms with van der Waals surface area (Å²) in [5.74, 6) is 1.60. The SMILES string of the molecule is COc1ccc(OCC(C)NC(=S)Nc2cccnc2)cc1. The number of benzene rings is 1. The molecule has 0 saturated heterocycles. The van der Waals surface area contributed by atoms with Crippen molar-refractivity contribution in [2.24, 2.45) is 0 Å². The third kappa shape index (κ3) is 5.21. The fourth-order valence-corrected chi connectivity index (χ4v) is 2.08. The van der Waals surface area contributed by atoms with Crippen LogP contribution in [0.15, 0.2) is 48.8 Å². The van der Waals surface area contributed by atoms with Gasteiger partial charge in [-0.15, -0.1) is 0 Å². The highest BCUT2D eigenvalue weighted by Crippen LogP contribution is 2.17. The van der Waals surface area contributed by atoms with E-state index in [0.717, 1.165) is 17.2 Å². The van der Waals surface area contributed by atoms with E-state index in [1.807, 2.05) is 43.3 Å². The average molecular weight is 317 g/mol. The second kappa shape index (κ2) is 8.19. The maximum absolute atomic E-state index is 5.70. The molecule has 0 spiro atoms. The van der Waals surface area contributed by atoms with Crippen molar-refractivity contribution in [1.29, 1.82) is 0 Å². The number of methoxy groups -OCH3 is 1. The number of aromatic nitrogens is 1. The number of pyridine rings is 1. The molecule has 1 atom stereocenters. The van der Waals surface area contributed by atoms with Gasteiger partial charge in [0.2, 0.25) is 0 Å². The van der Waals surface area contributed by atoms with Crippen molar-refractivity contribution in [1.82, 2.24) is 10.3 Å². The minimum absolute atomic E-state index is 0.0683. The summed E-state index contributed by atoms with van der Waals surface area (Å²) in [5, 5.41) is 6.78. The lowest BCUT2D eigenvalue weighted by Crippen LogP contribution is -2.39. The van der Waals surface area contributed by atoms with E-state index >= 15 is 0 Å². The van der Waals surface area contributed by atoms with Gasteiger partial charge in [0.1, 0.15) is 18.1 Å². The smallest absolute Gasteiger partial charge is 0.171 e. The molecule has 0 bridgehead atoms. The minimum Gasteiger partial charge on any atom is -0.497 e. The molecule has 0 fully saturated rings. The Morgan fingerprint density at radius 1 is 1.23 bits per heavy atom. The molecule has 116 valence electrons. The van der Waals surface area contributed by atoms with Gasteiger partial charge in [0.25, 0.3) is 0 Å². The van der Waals surface area contributed by atoms with E-state index in [4.69, 9.17) is 21.7 Å². The van der Waals surface area contributed by atoms with Gasteiger partial charge in [-0.2, -0.15) is 0 Å². The van der Waals surface area contributed by atoms with Crippen molar-refractivity contribution in [3.05, 3.63) is 48.8 Å². The second-order valence-electron chi connectivity index (χ2n) is 4.73. The molecule has 1 aromatic heterocycles. The van der Waals surface area contributed by atoms with E-state index in [2.05, 4.69) is 15.6 Å². The molecule has 1 heterocycles. The molecule has 22 heavy (non-hydrogen) atoms. The van der Waals surface area contributed by atoms with Crippen LogP contribution in [-0.4, -0.2) is 29.9 Å². The molecule has 0 aliphatic heterocycles. The van der Waals surface area contributed by atoms with Crippen LogP contribution in [0.2, 0.25) is 0 Å². The molecule has 0 aliphatic carbocycles. The molecule has 0 aliphatic rings. The number of anilines is 1. The zero-order valence-electron chi connectivity index (χ0n) is 12.6. The first kappa shape index (κ1) is 16.0. The van der Waals surface area contributed by atoms with Crippen molar-refractivity contribution in [3.8, 4) is 11.5 Å². The molecular formula is C16H19N3O2S. The quantitative estimate of drug-likeness (QED) is 0.799. The van der Waals surface area contributed by atoms with Gasteiger partial charge < -0.3 is 20.1 Å². The maximum atomic E-state index is 5.70. The van der Waals surface area contributed by atoms with E-state index < -0.39 is 0 Å². The standard InChI is InChI=1S/C16H19N3O2S/c1-12(11-21-15-7-5-14(20-2)6-8-15)18-16(22)19-13-4-3-9-17-10-13/h3-10,12H,11H2,1-2H3,(H2,18,19,22). The average Bonchev–Trinajstić information content (AvgIpc) is 2.54. The van der Waals surface area contributed by atoms with Crippen LogP contribution in [0.4, 0.5) is 5.69 Å². The third-order valence-corrected chi connectivity index (χ3v) is 3.08. The Labute approximate surface area is 135 Å².